The lowest BCUT2D eigenvalue weighted by atomic mass is 10.2. The summed E-state index contributed by atoms with van der Waals surface area (Å²) in [4.78, 5) is 17.3. The maximum Gasteiger partial charge on any atom is 0.228 e. The van der Waals surface area contributed by atoms with Crippen molar-refractivity contribution in [2.45, 2.75) is 0 Å². The van der Waals surface area contributed by atoms with Gasteiger partial charge in [0, 0.05) is 25.1 Å². The monoisotopic (exact) mass is 348 g/mol. The second-order valence-corrected chi connectivity index (χ2v) is 5.53. The first-order valence-corrected chi connectivity index (χ1v) is 8.08. The number of methoxy groups -OCH3 is 1. The van der Waals surface area contributed by atoms with Gasteiger partial charge in [0.1, 0.15) is 12.1 Å². The van der Waals surface area contributed by atoms with Crippen LogP contribution in [0.2, 0.25) is 0 Å². The molecule has 3 aromatic heterocycles. The van der Waals surface area contributed by atoms with E-state index in [2.05, 4.69) is 19.9 Å². The fourth-order valence-electron chi connectivity index (χ4n) is 2.46. The highest BCUT2D eigenvalue weighted by Gasteiger charge is 2.10. The molecule has 7 nitrogen and oxygen atoms in total. The van der Waals surface area contributed by atoms with E-state index in [0.29, 0.717) is 36.3 Å². The average molecular weight is 348 g/mol. The van der Waals surface area contributed by atoms with E-state index in [1.807, 2.05) is 30.3 Å². The largest absolute Gasteiger partial charge is 0.488 e. The maximum absolute atomic E-state index is 5.80. The van der Waals surface area contributed by atoms with Gasteiger partial charge in [-0.15, -0.1) is 0 Å². The van der Waals surface area contributed by atoms with Crippen LogP contribution in [0.25, 0.3) is 33.9 Å². The summed E-state index contributed by atoms with van der Waals surface area (Å²) in [6.45, 7) is 0.977. The van der Waals surface area contributed by atoms with Crippen LogP contribution in [-0.4, -0.2) is 40.3 Å². The van der Waals surface area contributed by atoms with Crippen LogP contribution >= 0.6 is 0 Å². The Morgan fingerprint density at radius 3 is 2.65 bits per heavy atom. The van der Waals surface area contributed by atoms with E-state index in [-0.39, 0.29) is 0 Å². The number of benzene rings is 1. The summed E-state index contributed by atoms with van der Waals surface area (Å²) >= 11 is 0. The molecular weight excluding hydrogens is 332 g/mol. The molecule has 0 atom stereocenters. The third kappa shape index (κ3) is 3.38. The van der Waals surface area contributed by atoms with Crippen molar-refractivity contribution >= 4 is 11.1 Å². The van der Waals surface area contributed by atoms with Gasteiger partial charge < -0.3 is 13.9 Å². The second-order valence-electron chi connectivity index (χ2n) is 5.53. The molecule has 7 heteroatoms. The second kappa shape index (κ2) is 7.28. The smallest absolute Gasteiger partial charge is 0.228 e. The van der Waals surface area contributed by atoms with Crippen molar-refractivity contribution in [3.05, 3.63) is 55.1 Å². The Labute approximate surface area is 149 Å². The number of hydrogen-bond acceptors (Lipinski definition) is 7. The molecule has 3 heterocycles. The van der Waals surface area contributed by atoms with Crippen LogP contribution in [0.4, 0.5) is 0 Å². The van der Waals surface area contributed by atoms with Gasteiger partial charge in [-0.3, -0.25) is 4.98 Å². The van der Waals surface area contributed by atoms with Crippen LogP contribution < -0.4 is 4.74 Å². The van der Waals surface area contributed by atoms with Gasteiger partial charge in [0.15, 0.2) is 17.2 Å². The van der Waals surface area contributed by atoms with E-state index >= 15 is 0 Å². The van der Waals surface area contributed by atoms with E-state index < -0.39 is 0 Å². The van der Waals surface area contributed by atoms with E-state index in [1.54, 1.807) is 31.9 Å². The minimum Gasteiger partial charge on any atom is -0.488 e. The number of oxazole rings is 1. The molecule has 0 aliphatic heterocycles. The SMILES string of the molecule is COCCOc1cnc(-c2ccc3oc(-c4cccnc4)nc3c2)nc1. The normalized spacial score (nSPS) is 11.0. The lowest BCUT2D eigenvalue weighted by molar-refractivity contribution is 0.146. The Balaban J connectivity index is 1.59. The zero-order chi connectivity index (χ0) is 17.8. The van der Waals surface area contributed by atoms with Crippen molar-refractivity contribution in [3.8, 4) is 28.6 Å². The lowest BCUT2D eigenvalue weighted by Gasteiger charge is -2.05. The van der Waals surface area contributed by atoms with Crippen molar-refractivity contribution in [1.29, 1.82) is 0 Å². The molecule has 4 rings (SSSR count). The third-order valence-electron chi connectivity index (χ3n) is 3.74. The number of fused-ring (bicyclic) bond motifs is 1. The van der Waals surface area contributed by atoms with E-state index in [4.69, 9.17) is 13.9 Å². The molecule has 0 aliphatic rings. The molecule has 1 aromatic carbocycles. The number of hydrogen-bond donors (Lipinski definition) is 0. The third-order valence-corrected chi connectivity index (χ3v) is 3.74. The molecule has 0 spiro atoms. The Hall–Kier alpha value is -3.32. The van der Waals surface area contributed by atoms with Gasteiger partial charge in [0.2, 0.25) is 5.89 Å². The lowest BCUT2D eigenvalue weighted by Crippen LogP contribution is -2.04. The molecular formula is C19H16N4O3. The van der Waals surface area contributed by atoms with Crippen molar-refractivity contribution in [1.82, 2.24) is 19.9 Å². The van der Waals surface area contributed by atoms with E-state index in [1.165, 1.54) is 0 Å². The highest BCUT2D eigenvalue weighted by atomic mass is 16.5. The molecule has 26 heavy (non-hydrogen) atoms. The Kier molecular flexibility index (Phi) is 4.53. The van der Waals surface area contributed by atoms with Gasteiger partial charge >= 0.3 is 0 Å². The topological polar surface area (TPSA) is 83.2 Å². The zero-order valence-electron chi connectivity index (χ0n) is 14.1. The van der Waals surface area contributed by atoms with E-state index in [9.17, 15) is 0 Å². The fourth-order valence-corrected chi connectivity index (χ4v) is 2.46. The quantitative estimate of drug-likeness (QED) is 0.494. The van der Waals surface area contributed by atoms with Crippen LogP contribution in [-0.2, 0) is 4.74 Å². The van der Waals surface area contributed by atoms with Gasteiger partial charge in [-0.2, -0.15) is 0 Å². The minimum absolute atomic E-state index is 0.460. The molecule has 0 saturated heterocycles. The summed E-state index contributed by atoms with van der Waals surface area (Å²) in [5.41, 5.74) is 3.13. The van der Waals surface area contributed by atoms with Crippen molar-refractivity contribution < 1.29 is 13.9 Å². The molecule has 0 N–H and O–H groups in total. The summed E-state index contributed by atoms with van der Waals surface area (Å²) < 4.78 is 16.2. The first kappa shape index (κ1) is 16.2. The van der Waals surface area contributed by atoms with Crippen LogP contribution in [0, 0.1) is 0 Å². The van der Waals surface area contributed by atoms with Crippen molar-refractivity contribution in [3.63, 3.8) is 0 Å². The summed E-state index contributed by atoms with van der Waals surface area (Å²) in [6, 6.07) is 9.43. The highest BCUT2D eigenvalue weighted by molar-refractivity contribution is 5.80. The Morgan fingerprint density at radius 2 is 1.88 bits per heavy atom. The standard InChI is InChI=1S/C19H16N4O3/c1-24-7-8-25-15-11-21-18(22-12-15)13-4-5-17-16(9-13)23-19(26-17)14-3-2-6-20-10-14/h2-6,9-12H,7-8H2,1H3. The van der Waals surface area contributed by atoms with Crippen molar-refractivity contribution in [2.75, 3.05) is 20.3 Å². The highest BCUT2D eigenvalue weighted by Crippen LogP contribution is 2.27. The number of ether oxygens (including phenoxy) is 2. The van der Waals surface area contributed by atoms with Gasteiger partial charge in [0.05, 0.1) is 24.6 Å². The molecule has 130 valence electrons. The van der Waals surface area contributed by atoms with Crippen LogP contribution in [0.1, 0.15) is 0 Å². The fraction of sp³-hybridized carbons (Fsp3) is 0.158. The van der Waals surface area contributed by atoms with Gasteiger partial charge in [-0.1, -0.05) is 0 Å². The maximum atomic E-state index is 5.80. The molecule has 4 aromatic rings. The first-order chi connectivity index (χ1) is 12.8. The molecule has 0 bridgehead atoms. The summed E-state index contributed by atoms with van der Waals surface area (Å²) in [5, 5.41) is 0. The number of nitrogens with zero attached hydrogens (tertiary/aromatic N) is 4. The molecule has 0 saturated carbocycles. The van der Waals surface area contributed by atoms with Crippen LogP contribution in [0.5, 0.6) is 5.75 Å². The summed E-state index contributed by atoms with van der Waals surface area (Å²) in [5.74, 6) is 1.73. The molecule has 0 amide bonds. The molecule has 0 aliphatic carbocycles. The predicted molar refractivity (Wildman–Crippen MR) is 95.6 cm³/mol. The van der Waals surface area contributed by atoms with E-state index in [0.717, 1.165) is 16.6 Å². The van der Waals surface area contributed by atoms with Gasteiger partial charge in [0.25, 0.3) is 0 Å². The molecule has 0 radical (unpaired) electrons. The van der Waals surface area contributed by atoms with Crippen molar-refractivity contribution in [2.24, 2.45) is 0 Å². The molecule has 0 fully saturated rings. The number of pyridine rings is 1. The van der Waals surface area contributed by atoms with Crippen LogP contribution in [0.15, 0.2) is 59.5 Å². The Bertz CT molecular complexity index is 1000. The average Bonchev–Trinajstić information content (AvgIpc) is 3.13. The molecule has 0 unspecified atom stereocenters. The summed E-state index contributed by atoms with van der Waals surface area (Å²) in [6.07, 6.45) is 6.72. The van der Waals surface area contributed by atoms with Crippen LogP contribution in [0.3, 0.4) is 0 Å². The number of rotatable bonds is 6. The Morgan fingerprint density at radius 1 is 1.00 bits per heavy atom. The van der Waals surface area contributed by atoms with Gasteiger partial charge in [-0.05, 0) is 30.3 Å². The summed E-state index contributed by atoms with van der Waals surface area (Å²) in [7, 11) is 1.63. The predicted octanol–water partition coefficient (Wildman–Crippen LogP) is 3.37. The first-order valence-electron chi connectivity index (χ1n) is 8.08. The zero-order valence-corrected chi connectivity index (χ0v) is 14.1. The number of aromatic nitrogens is 4. The van der Waals surface area contributed by atoms with Gasteiger partial charge in [-0.25, -0.2) is 15.0 Å². The minimum atomic E-state index is 0.460.